The zero-order valence-corrected chi connectivity index (χ0v) is 18.2. The van der Waals surface area contributed by atoms with Crippen LogP contribution in [0.1, 0.15) is 36.7 Å². The summed E-state index contributed by atoms with van der Waals surface area (Å²) in [6, 6.07) is 13.4. The van der Waals surface area contributed by atoms with Crippen LogP contribution in [0, 0.1) is 0 Å². The quantitative estimate of drug-likeness (QED) is 0.530. The van der Waals surface area contributed by atoms with Gasteiger partial charge in [0.1, 0.15) is 0 Å². The summed E-state index contributed by atoms with van der Waals surface area (Å²) in [6.45, 7) is 4.85. The molecule has 0 saturated carbocycles. The molecule has 0 aliphatic rings. The molecule has 9 nitrogen and oxygen atoms in total. The molecule has 3 N–H and O–H groups in total. The lowest BCUT2D eigenvalue weighted by Gasteiger charge is -2.14. The zero-order chi connectivity index (χ0) is 23.0. The third-order valence-electron chi connectivity index (χ3n) is 4.00. The third kappa shape index (κ3) is 7.50. The number of hydrogen-bond acceptors (Lipinski definition) is 6. The van der Waals surface area contributed by atoms with Gasteiger partial charge in [-0.05, 0) is 44.5 Å². The Morgan fingerprint density at radius 3 is 2.29 bits per heavy atom. The molecule has 0 bridgehead atoms. The molecule has 0 aliphatic heterocycles. The number of benzene rings is 2. The van der Waals surface area contributed by atoms with Crippen molar-refractivity contribution >= 4 is 27.9 Å². The normalized spacial score (nSPS) is 12.1. The average molecular weight is 448 g/mol. The second-order valence-electron chi connectivity index (χ2n) is 7.00. The van der Waals surface area contributed by atoms with Gasteiger partial charge in [0.2, 0.25) is 10.0 Å². The van der Waals surface area contributed by atoms with Crippen molar-refractivity contribution < 1.29 is 27.5 Å². The molecule has 3 amide bonds. The van der Waals surface area contributed by atoms with Gasteiger partial charge < -0.3 is 10.1 Å². The maximum atomic E-state index is 12.5. The van der Waals surface area contributed by atoms with Gasteiger partial charge in [-0.25, -0.2) is 22.7 Å². The lowest BCUT2D eigenvalue weighted by atomic mass is 10.2. The van der Waals surface area contributed by atoms with Crippen LogP contribution in [-0.2, 0) is 26.1 Å². The third-order valence-corrected chi connectivity index (χ3v) is 5.40. The van der Waals surface area contributed by atoms with E-state index in [-0.39, 0.29) is 23.0 Å². The fourth-order valence-electron chi connectivity index (χ4n) is 2.44. The Kier molecular flexibility index (Phi) is 8.29. The van der Waals surface area contributed by atoms with E-state index < -0.39 is 34.0 Å². The summed E-state index contributed by atoms with van der Waals surface area (Å²) in [7, 11) is -3.88. The maximum absolute atomic E-state index is 12.5. The van der Waals surface area contributed by atoms with Gasteiger partial charge in [0.25, 0.3) is 5.91 Å². The summed E-state index contributed by atoms with van der Waals surface area (Å²) >= 11 is 0. The maximum Gasteiger partial charge on any atom is 0.338 e. The van der Waals surface area contributed by atoms with Crippen molar-refractivity contribution in [2.45, 2.75) is 44.4 Å². The first-order chi connectivity index (χ1) is 14.6. The average Bonchev–Trinajstić information content (AvgIpc) is 2.72. The predicted octanol–water partition coefficient (Wildman–Crippen LogP) is 1.94. The fraction of sp³-hybridized carbons (Fsp3) is 0.286. The molecule has 0 aromatic heterocycles. The SMILES string of the molecule is CC(C)NC(=O)NC(=O)C(C)OC(=O)c1cccc(S(=O)(=O)NCc2ccccc2)c1. The number of amides is 3. The van der Waals surface area contributed by atoms with Crippen molar-refractivity contribution in [2.75, 3.05) is 0 Å². The standard InChI is InChI=1S/C21H25N3O6S/c1-14(2)23-21(27)24-19(25)15(3)30-20(26)17-10-7-11-18(12-17)31(28,29)22-13-16-8-5-4-6-9-16/h4-12,14-15,22H,13H2,1-3H3,(H2,23,24,25,27). The Labute approximate surface area is 181 Å². The van der Waals surface area contributed by atoms with Crippen LogP contribution in [0.2, 0.25) is 0 Å². The lowest BCUT2D eigenvalue weighted by molar-refractivity contribution is -0.127. The van der Waals surface area contributed by atoms with Crippen molar-refractivity contribution in [1.82, 2.24) is 15.4 Å². The van der Waals surface area contributed by atoms with Gasteiger partial charge >= 0.3 is 12.0 Å². The Bertz CT molecular complexity index is 1040. The van der Waals surface area contributed by atoms with Gasteiger partial charge in [0, 0.05) is 12.6 Å². The predicted molar refractivity (Wildman–Crippen MR) is 114 cm³/mol. The topological polar surface area (TPSA) is 131 Å². The Morgan fingerprint density at radius 1 is 0.968 bits per heavy atom. The molecule has 2 aromatic carbocycles. The number of hydrogen-bond donors (Lipinski definition) is 3. The molecule has 1 atom stereocenters. The van der Waals surface area contributed by atoms with Crippen LogP contribution in [0.4, 0.5) is 4.79 Å². The first kappa shape index (κ1) is 24.0. The molecule has 0 heterocycles. The molecule has 0 spiro atoms. The van der Waals surface area contributed by atoms with Crippen molar-refractivity contribution in [3.8, 4) is 0 Å². The molecule has 0 fully saturated rings. The number of carbonyl (C=O) groups excluding carboxylic acids is 3. The van der Waals surface area contributed by atoms with Crippen LogP contribution in [0.25, 0.3) is 0 Å². The van der Waals surface area contributed by atoms with Crippen LogP contribution >= 0.6 is 0 Å². The Morgan fingerprint density at radius 2 is 1.65 bits per heavy atom. The Hall–Kier alpha value is -3.24. The van der Waals surface area contributed by atoms with Crippen LogP contribution < -0.4 is 15.4 Å². The van der Waals surface area contributed by atoms with Gasteiger partial charge in [-0.15, -0.1) is 0 Å². The number of carbonyl (C=O) groups is 3. The Balaban J connectivity index is 2.02. The first-order valence-electron chi connectivity index (χ1n) is 9.54. The lowest BCUT2D eigenvalue weighted by Crippen LogP contribution is -2.46. The van der Waals surface area contributed by atoms with Crippen molar-refractivity contribution in [3.63, 3.8) is 0 Å². The van der Waals surface area contributed by atoms with Crippen molar-refractivity contribution in [3.05, 3.63) is 65.7 Å². The second-order valence-corrected chi connectivity index (χ2v) is 8.77. The van der Waals surface area contributed by atoms with E-state index in [1.165, 1.54) is 25.1 Å². The molecule has 0 radical (unpaired) electrons. The largest absolute Gasteiger partial charge is 0.449 e. The molecule has 166 valence electrons. The van der Waals surface area contributed by atoms with E-state index in [1.54, 1.807) is 38.1 Å². The highest BCUT2D eigenvalue weighted by Crippen LogP contribution is 2.14. The smallest absolute Gasteiger partial charge is 0.338 e. The molecule has 0 saturated heterocycles. The van der Waals surface area contributed by atoms with Crippen molar-refractivity contribution in [2.24, 2.45) is 0 Å². The fourth-order valence-corrected chi connectivity index (χ4v) is 3.50. The molecular weight excluding hydrogens is 422 g/mol. The summed E-state index contributed by atoms with van der Waals surface area (Å²) in [5.41, 5.74) is 0.733. The molecule has 2 rings (SSSR count). The minimum Gasteiger partial charge on any atom is -0.449 e. The van der Waals surface area contributed by atoms with Gasteiger partial charge in [-0.3, -0.25) is 10.1 Å². The minimum atomic E-state index is -3.88. The number of sulfonamides is 1. The molecule has 0 aliphatic carbocycles. The summed E-state index contributed by atoms with van der Waals surface area (Å²) in [5, 5.41) is 4.54. The molecular formula is C21H25N3O6S. The first-order valence-corrected chi connectivity index (χ1v) is 11.0. The highest BCUT2D eigenvalue weighted by atomic mass is 32.2. The van der Waals surface area contributed by atoms with E-state index in [0.717, 1.165) is 11.6 Å². The number of imide groups is 1. The molecule has 10 heteroatoms. The monoisotopic (exact) mass is 447 g/mol. The molecule has 31 heavy (non-hydrogen) atoms. The number of urea groups is 1. The van der Waals surface area contributed by atoms with Gasteiger partial charge in [0.15, 0.2) is 6.10 Å². The van der Waals surface area contributed by atoms with E-state index in [0.29, 0.717) is 0 Å². The van der Waals surface area contributed by atoms with E-state index in [2.05, 4.69) is 15.4 Å². The highest BCUT2D eigenvalue weighted by Gasteiger charge is 2.22. The van der Waals surface area contributed by atoms with E-state index >= 15 is 0 Å². The highest BCUT2D eigenvalue weighted by molar-refractivity contribution is 7.89. The van der Waals surface area contributed by atoms with Crippen LogP contribution in [0.3, 0.4) is 0 Å². The van der Waals surface area contributed by atoms with E-state index in [9.17, 15) is 22.8 Å². The molecule has 2 aromatic rings. The van der Waals surface area contributed by atoms with Gasteiger partial charge in [0.05, 0.1) is 10.5 Å². The molecule has 1 unspecified atom stereocenters. The van der Waals surface area contributed by atoms with E-state index in [1.807, 2.05) is 6.07 Å². The van der Waals surface area contributed by atoms with Gasteiger partial charge in [-0.1, -0.05) is 36.4 Å². The number of rotatable bonds is 8. The van der Waals surface area contributed by atoms with Crippen molar-refractivity contribution in [1.29, 1.82) is 0 Å². The summed E-state index contributed by atoms with van der Waals surface area (Å²) < 4.78 is 32.6. The van der Waals surface area contributed by atoms with E-state index in [4.69, 9.17) is 4.74 Å². The zero-order valence-electron chi connectivity index (χ0n) is 17.4. The van der Waals surface area contributed by atoms with Crippen LogP contribution in [0.5, 0.6) is 0 Å². The minimum absolute atomic E-state index is 0.0473. The van der Waals surface area contributed by atoms with Gasteiger partial charge in [-0.2, -0.15) is 0 Å². The number of esters is 1. The summed E-state index contributed by atoms with van der Waals surface area (Å²) in [6.07, 6.45) is -1.26. The summed E-state index contributed by atoms with van der Waals surface area (Å²) in [5.74, 6) is -1.70. The second kappa shape index (κ2) is 10.7. The summed E-state index contributed by atoms with van der Waals surface area (Å²) in [4.78, 5) is 35.8. The van der Waals surface area contributed by atoms with Crippen LogP contribution in [-0.4, -0.2) is 38.5 Å². The number of ether oxygens (including phenoxy) is 1. The van der Waals surface area contributed by atoms with Crippen LogP contribution in [0.15, 0.2) is 59.5 Å². The number of nitrogens with one attached hydrogen (secondary N) is 3.